The number of Topliss-reactive ketones (excluding diaryl/α,β-unsaturated/α-hetero) is 1. The van der Waals surface area contributed by atoms with E-state index in [0.29, 0.717) is 17.9 Å². The summed E-state index contributed by atoms with van der Waals surface area (Å²) in [6.07, 6.45) is 1.74. The number of non-ortho nitro benzene ring substituents is 1. The zero-order valence-corrected chi connectivity index (χ0v) is 11.1. The number of nitro groups is 1. The molecule has 0 atom stereocenters. The van der Waals surface area contributed by atoms with Gasteiger partial charge < -0.3 is 5.21 Å². The quantitative estimate of drug-likeness (QED) is 0.400. The summed E-state index contributed by atoms with van der Waals surface area (Å²) in [6.45, 7) is 0. The topological polar surface area (TPSA) is 92.8 Å². The van der Waals surface area contributed by atoms with Crippen LogP contribution in [0.5, 0.6) is 0 Å². The molecule has 1 N–H and O–H groups in total. The first-order chi connectivity index (χ1) is 9.54. The lowest BCUT2D eigenvalue weighted by Gasteiger charge is -2.16. The molecule has 0 amide bonds. The van der Waals surface area contributed by atoms with E-state index in [1.165, 1.54) is 24.3 Å². The first-order valence-corrected chi connectivity index (χ1v) is 6.31. The number of carbonyl (C=O) groups excluding carboxylic acids is 1. The number of hydrogen-bond donors (Lipinski definition) is 1. The van der Waals surface area contributed by atoms with E-state index in [-0.39, 0.29) is 22.5 Å². The lowest BCUT2D eigenvalue weighted by Crippen LogP contribution is -2.18. The number of allylic oxidation sites excluding steroid dienone is 2. The molecule has 1 aromatic rings. The second kappa shape index (κ2) is 5.83. The van der Waals surface area contributed by atoms with Crippen molar-refractivity contribution in [1.29, 1.82) is 0 Å². The highest BCUT2D eigenvalue weighted by molar-refractivity contribution is 6.39. The van der Waals surface area contributed by atoms with Gasteiger partial charge in [-0.1, -0.05) is 16.8 Å². The Morgan fingerprint density at radius 1 is 1.30 bits per heavy atom. The fourth-order valence-electron chi connectivity index (χ4n) is 2.05. The summed E-state index contributed by atoms with van der Waals surface area (Å²) in [4.78, 5) is 22.4. The number of nitrogens with zero attached hydrogens (tertiary/aromatic N) is 2. The summed E-state index contributed by atoms with van der Waals surface area (Å²) < 4.78 is 0. The lowest BCUT2D eigenvalue weighted by atomic mass is 9.91. The Labute approximate surface area is 119 Å². The van der Waals surface area contributed by atoms with E-state index in [1.54, 1.807) is 0 Å². The molecule has 0 fully saturated rings. The minimum absolute atomic E-state index is 0.0960. The number of oxime groups is 1. The van der Waals surface area contributed by atoms with Gasteiger partial charge in [0.25, 0.3) is 5.69 Å². The Balaban J connectivity index is 2.37. The highest BCUT2D eigenvalue weighted by atomic mass is 35.5. The normalized spacial score (nSPS) is 17.4. The van der Waals surface area contributed by atoms with E-state index in [0.717, 1.165) is 6.42 Å². The number of ketones is 1. The maximum atomic E-state index is 12.4. The average Bonchev–Trinajstić information content (AvgIpc) is 2.46. The van der Waals surface area contributed by atoms with Gasteiger partial charge in [-0.15, -0.1) is 0 Å². The standard InChI is InChI=1S/C13H11ClN2O4/c14-10-2-1-3-11(15-18)12(10)13(17)8-4-6-9(7-5-8)16(19)20/h4-7,18H,1-3H2/b15-11+. The summed E-state index contributed by atoms with van der Waals surface area (Å²) in [5.41, 5.74) is 0.618. The van der Waals surface area contributed by atoms with Crippen LogP contribution in [0, 0.1) is 10.1 Å². The Morgan fingerprint density at radius 3 is 2.50 bits per heavy atom. The second-order valence-corrected chi connectivity index (χ2v) is 4.77. The molecule has 0 saturated heterocycles. The number of nitro benzene ring substituents is 1. The molecule has 0 radical (unpaired) electrons. The molecule has 1 aromatic carbocycles. The Bertz CT molecular complexity index is 620. The fraction of sp³-hybridized carbons (Fsp3) is 0.231. The number of rotatable bonds is 3. The largest absolute Gasteiger partial charge is 0.411 e. The molecular formula is C13H11ClN2O4. The smallest absolute Gasteiger partial charge is 0.269 e. The van der Waals surface area contributed by atoms with E-state index < -0.39 is 10.7 Å². The maximum absolute atomic E-state index is 12.4. The van der Waals surface area contributed by atoms with Crippen LogP contribution in [-0.2, 0) is 0 Å². The number of hydrogen-bond acceptors (Lipinski definition) is 5. The van der Waals surface area contributed by atoms with Crippen molar-refractivity contribution in [1.82, 2.24) is 0 Å². The Hall–Kier alpha value is -2.21. The summed E-state index contributed by atoms with van der Waals surface area (Å²) in [5, 5.41) is 23.0. The van der Waals surface area contributed by atoms with Crippen LogP contribution in [0.25, 0.3) is 0 Å². The molecule has 0 bridgehead atoms. The number of carbonyl (C=O) groups is 1. The molecule has 0 aromatic heterocycles. The van der Waals surface area contributed by atoms with Gasteiger partial charge in [-0.3, -0.25) is 14.9 Å². The molecule has 104 valence electrons. The predicted octanol–water partition coefficient (Wildman–Crippen LogP) is 3.28. The second-order valence-electron chi connectivity index (χ2n) is 4.31. The monoisotopic (exact) mass is 294 g/mol. The maximum Gasteiger partial charge on any atom is 0.269 e. The molecule has 20 heavy (non-hydrogen) atoms. The van der Waals surface area contributed by atoms with Crippen LogP contribution in [-0.4, -0.2) is 21.6 Å². The molecule has 1 aliphatic carbocycles. The number of halogens is 1. The van der Waals surface area contributed by atoms with Gasteiger partial charge in [0, 0.05) is 22.7 Å². The van der Waals surface area contributed by atoms with Crippen LogP contribution < -0.4 is 0 Å². The van der Waals surface area contributed by atoms with Crippen molar-refractivity contribution in [2.45, 2.75) is 19.3 Å². The van der Waals surface area contributed by atoms with Gasteiger partial charge in [-0.2, -0.15) is 0 Å². The van der Waals surface area contributed by atoms with Gasteiger partial charge in [0.1, 0.15) is 0 Å². The molecule has 0 heterocycles. The van der Waals surface area contributed by atoms with Crippen LogP contribution in [0.3, 0.4) is 0 Å². The lowest BCUT2D eigenvalue weighted by molar-refractivity contribution is -0.384. The molecule has 0 aliphatic heterocycles. The molecule has 6 nitrogen and oxygen atoms in total. The highest BCUT2D eigenvalue weighted by Crippen LogP contribution is 2.28. The molecule has 2 rings (SSSR count). The summed E-state index contributed by atoms with van der Waals surface area (Å²) >= 11 is 6.04. The molecule has 0 unspecified atom stereocenters. The van der Waals surface area contributed by atoms with E-state index in [2.05, 4.69) is 5.16 Å². The zero-order valence-electron chi connectivity index (χ0n) is 10.4. The molecule has 0 spiro atoms. The van der Waals surface area contributed by atoms with Gasteiger partial charge in [-0.05, 0) is 31.4 Å². The minimum Gasteiger partial charge on any atom is -0.411 e. The molecule has 1 aliphatic rings. The minimum atomic E-state index is -0.540. The van der Waals surface area contributed by atoms with Crippen LogP contribution in [0.1, 0.15) is 29.6 Å². The van der Waals surface area contributed by atoms with Crippen molar-refractivity contribution in [3.8, 4) is 0 Å². The predicted molar refractivity (Wildman–Crippen MR) is 73.4 cm³/mol. The average molecular weight is 295 g/mol. The Morgan fingerprint density at radius 2 is 1.95 bits per heavy atom. The van der Waals surface area contributed by atoms with Crippen molar-refractivity contribution >= 4 is 28.8 Å². The van der Waals surface area contributed by atoms with Crippen LogP contribution >= 0.6 is 11.6 Å². The summed E-state index contributed by atoms with van der Waals surface area (Å²) in [7, 11) is 0. The van der Waals surface area contributed by atoms with E-state index in [4.69, 9.17) is 16.8 Å². The van der Waals surface area contributed by atoms with Gasteiger partial charge in [0.15, 0.2) is 5.78 Å². The van der Waals surface area contributed by atoms with Gasteiger partial charge in [-0.25, -0.2) is 0 Å². The van der Waals surface area contributed by atoms with Crippen LogP contribution in [0.4, 0.5) is 5.69 Å². The third-order valence-electron chi connectivity index (χ3n) is 3.06. The van der Waals surface area contributed by atoms with Crippen molar-refractivity contribution in [2.24, 2.45) is 5.16 Å². The van der Waals surface area contributed by atoms with Crippen LogP contribution in [0.2, 0.25) is 0 Å². The van der Waals surface area contributed by atoms with Crippen molar-refractivity contribution in [3.05, 3.63) is 50.5 Å². The first kappa shape index (κ1) is 14.2. The van der Waals surface area contributed by atoms with Crippen molar-refractivity contribution in [3.63, 3.8) is 0 Å². The van der Waals surface area contributed by atoms with Crippen LogP contribution in [0.15, 0.2) is 40.0 Å². The van der Waals surface area contributed by atoms with Gasteiger partial charge in [0.2, 0.25) is 0 Å². The number of benzene rings is 1. The van der Waals surface area contributed by atoms with Crippen molar-refractivity contribution < 1.29 is 14.9 Å². The van der Waals surface area contributed by atoms with E-state index >= 15 is 0 Å². The zero-order chi connectivity index (χ0) is 14.7. The van der Waals surface area contributed by atoms with E-state index in [9.17, 15) is 14.9 Å². The fourth-order valence-corrected chi connectivity index (χ4v) is 2.38. The third kappa shape index (κ3) is 2.70. The van der Waals surface area contributed by atoms with Gasteiger partial charge >= 0.3 is 0 Å². The first-order valence-electron chi connectivity index (χ1n) is 5.93. The van der Waals surface area contributed by atoms with E-state index in [1.807, 2.05) is 0 Å². The molecule has 0 saturated carbocycles. The third-order valence-corrected chi connectivity index (χ3v) is 3.44. The van der Waals surface area contributed by atoms with Gasteiger partial charge in [0.05, 0.1) is 16.2 Å². The SMILES string of the molecule is O=C(C1=C(Cl)CCC/C1=N\O)c1ccc([N+](=O)[O-])cc1. The Kier molecular flexibility index (Phi) is 4.14. The molecule has 7 heteroatoms. The summed E-state index contributed by atoms with van der Waals surface area (Å²) in [6, 6.07) is 5.23. The molecular weight excluding hydrogens is 284 g/mol. The highest BCUT2D eigenvalue weighted by Gasteiger charge is 2.25. The van der Waals surface area contributed by atoms with Crippen molar-refractivity contribution in [2.75, 3.05) is 0 Å². The summed E-state index contributed by atoms with van der Waals surface area (Å²) in [5.74, 6) is -0.391.